The number of aryl methyl sites for hydroxylation is 1. The fourth-order valence-electron chi connectivity index (χ4n) is 3.28. The Bertz CT molecular complexity index is 612. The largest absolute Gasteiger partial charge is 0.354 e. The summed E-state index contributed by atoms with van der Waals surface area (Å²) in [5.41, 5.74) is 2.63. The van der Waals surface area contributed by atoms with Gasteiger partial charge < -0.3 is 16.0 Å². The Hall–Kier alpha value is -2.08. The van der Waals surface area contributed by atoms with Crippen LogP contribution in [-0.4, -0.2) is 48.6 Å². The van der Waals surface area contributed by atoms with Crippen LogP contribution < -0.4 is 16.0 Å². The van der Waals surface area contributed by atoms with Crippen LogP contribution in [0.4, 0.5) is 4.79 Å². The Balaban J connectivity index is 1.61. The molecule has 0 spiro atoms. The number of hydrogen-bond donors (Lipinski definition) is 3. The van der Waals surface area contributed by atoms with Gasteiger partial charge in [0.15, 0.2) is 0 Å². The smallest absolute Gasteiger partial charge is 0.315 e. The molecular formula is C21H34N4O2. The van der Waals surface area contributed by atoms with Gasteiger partial charge in [-0.05, 0) is 38.7 Å². The van der Waals surface area contributed by atoms with Crippen LogP contribution in [0.1, 0.15) is 50.7 Å². The van der Waals surface area contributed by atoms with Gasteiger partial charge in [-0.15, -0.1) is 0 Å². The van der Waals surface area contributed by atoms with E-state index in [-0.39, 0.29) is 24.0 Å². The van der Waals surface area contributed by atoms with E-state index in [9.17, 15) is 9.59 Å². The van der Waals surface area contributed by atoms with Crippen molar-refractivity contribution >= 4 is 11.9 Å². The van der Waals surface area contributed by atoms with E-state index in [0.717, 1.165) is 38.9 Å². The minimum atomic E-state index is -0.177. The normalized spacial score (nSPS) is 16.6. The first-order chi connectivity index (χ1) is 13.0. The zero-order valence-corrected chi connectivity index (χ0v) is 16.9. The second-order valence-electron chi connectivity index (χ2n) is 7.57. The predicted molar refractivity (Wildman–Crippen MR) is 109 cm³/mol. The van der Waals surface area contributed by atoms with Gasteiger partial charge in [-0.1, -0.05) is 36.8 Å². The van der Waals surface area contributed by atoms with Crippen LogP contribution in [0.25, 0.3) is 0 Å². The highest BCUT2D eigenvalue weighted by Crippen LogP contribution is 2.14. The van der Waals surface area contributed by atoms with Gasteiger partial charge in [0.25, 0.3) is 0 Å². The van der Waals surface area contributed by atoms with Crippen LogP contribution in [0.2, 0.25) is 0 Å². The number of hydrogen-bond acceptors (Lipinski definition) is 3. The molecule has 1 aromatic carbocycles. The lowest BCUT2D eigenvalue weighted by Crippen LogP contribution is -2.48. The SMILES string of the molecule is CCC(C)NC(=O)CCNC(=O)NC1CCN(Cc2cccc(C)c2)CC1. The summed E-state index contributed by atoms with van der Waals surface area (Å²) in [6.45, 7) is 9.41. The van der Waals surface area contributed by atoms with Crippen molar-refractivity contribution in [2.45, 2.75) is 65.1 Å². The molecule has 0 radical (unpaired) electrons. The molecule has 1 saturated heterocycles. The molecule has 0 saturated carbocycles. The number of rotatable bonds is 8. The first kappa shape index (κ1) is 21.2. The number of carbonyl (C=O) groups excluding carboxylic acids is 2. The van der Waals surface area contributed by atoms with E-state index in [2.05, 4.69) is 52.0 Å². The van der Waals surface area contributed by atoms with E-state index in [1.165, 1.54) is 11.1 Å². The van der Waals surface area contributed by atoms with Gasteiger partial charge >= 0.3 is 6.03 Å². The molecule has 1 aliphatic rings. The topological polar surface area (TPSA) is 73.5 Å². The van der Waals surface area contributed by atoms with Crippen LogP contribution in [-0.2, 0) is 11.3 Å². The Morgan fingerprint density at radius 3 is 2.67 bits per heavy atom. The summed E-state index contributed by atoms with van der Waals surface area (Å²) in [5.74, 6) is -0.0193. The maximum Gasteiger partial charge on any atom is 0.315 e. The molecule has 1 atom stereocenters. The van der Waals surface area contributed by atoms with Crippen molar-refractivity contribution in [1.29, 1.82) is 0 Å². The highest BCUT2D eigenvalue weighted by atomic mass is 16.2. The molecule has 1 aromatic rings. The third-order valence-electron chi connectivity index (χ3n) is 5.07. The number of amides is 3. The third kappa shape index (κ3) is 7.99. The summed E-state index contributed by atoms with van der Waals surface area (Å²) < 4.78 is 0. The van der Waals surface area contributed by atoms with Crippen molar-refractivity contribution in [3.8, 4) is 0 Å². The molecule has 0 aromatic heterocycles. The van der Waals surface area contributed by atoms with Gasteiger partial charge in [0.2, 0.25) is 5.91 Å². The lowest BCUT2D eigenvalue weighted by Gasteiger charge is -2.32. The quantitative estimate of drug-likeness (QED) is 0.655. The number of likely N-dealkylation sites (tertiary alicyclic amines) is 1. The fourth-order valence-corrected chi connectivity index (χ4v) is 3.28. The third-order valence-corrected chi connectivity index (χ3v) is 5.07. The van der Waals surface area contributed by atoms with E-state index in [1.54, 1.807) is 0 Å². The lowest BCUT2D eigenvalue weighted by molar-refractivity contribution is -0.121. The molecule has 3 N–H and O–H groups in total. The maximum absolute atomic E-state index is 12.0. The van der Waals surface area contributed by atoms with Crippen molar-refractivity contribution in [3.05, 3.63) is 35.4 Å². The standard InChI is InChI=1S/C21H34N4O2/c1-4-17(3)23-20(26)8-11-22-21(27)24-19-9-12-25(13-10-19)15-18-7-5-6-16(2)14-18/h5-7,14,17,19H,4,8-13,15H2,1-3H3,(H,23,26)(H2,22,24,27). The van der Waals surface area contributed by atoms with Crippen LogP contribution >= 0.6 is 0 Å². The molecular weight excluding hydrogens is 340 g/mol. The van der Waals surface area contributed by atoms with Crippen molar-refractivity contribution < 1.29 is 9.59 Å². The van der Waals surface area contributed by atoms with Crippen LogP contribution in [0.15, 0.2) is 24.3 Å². The van der Waals surface area contributed by atoms with Crippen molar-refractivity contribution in [1.82, 2.24) is 20.9 Å². The molecule has 27 heavy (non-hydrogen) atoms. The summed E-state index contributed by atoms with van der Waals surface area (Å²) in [5, 5.41) is 8.71. The fraction of sp³-hybridized carbons (Fsp3) is 0.619. The summed E-state index contributed by atoms with van der Waals surface area (Å²) in [6, 6.07) is 8.82. The molecule has 0 aliphatic carbocycles. The van der Waals surface area contributed by atoms with Gasteiger partial charge in [0.05, 0.1) is 0 Å². The van der Waals surface area contributed by atoms with Crippen LogP contribution in [0.3, 0.4) is 0 Å². The zero-order valence-electron chi connectivity index (χ0n) is 16.9. The summed E-state index contributed by atoms with van der Waals surface area (Å²) in [6.07, 6.45) is 3.12. The Labute approximate surface area is 163 Å². The molecule has 6 heteroatoms. The summed E-state index contributed by atoms with van der Waals surface area (Å²) in [4.78, 5) is 26.2. The number of piperidine rings is 1. The van der Waals surface area contributed by atoms with Crippen molar-refractivity contribution in [3.63, 3.8) is 0 Å². The first-order valence-corrected chi connectivity index (χ1v) is 10.1. The number of nitrogens with zero attached hydrogens (tertiary/aromatic N) is 1. The van der Waals surface area contributed by atoms with Crippen LogP contribution in [0, 0.1) is 6.92 Å². The maximum atomic E-state index is 12.0. The first-order valence-electron chi connectivity index (χ1n) is 10.1. The highest BCUT2D eigenvalue weighted by molar-refractivity contribution is 5.78. The van der Waals surface area contributed by atoms with Crippen LogP contribution in [0.5, 0.6) is 0 Å². The average Bonchev–Trinajstić information content (AvgIpc) is 2.63. The molecule has 2 rings (SSSR count). The number of urea groups is 1. The van der Waals surface area contributed by atoms with Crippen molar-refractivity contribution in [2.24, 2.45) is 0 Å². The number of benzene rings is 1. The van der Waals surface area contributed by atoms with Gasteiger partial charge in [-0.25, -0.2) is 4.79 Å². The van der Waals surface area contributed by atoms with Crippen molar-refractivity contribution in [2.75, 3.05) is 19.6 Å². The molecule has 1 aliphatic heterocycles. The van der Waals surface area contributed by atoms with E-state index in [0.29, 0.717) is 13.0 Å². The van der Waals surface area contributed by atoms with E-state index >= 15 is 0 Å². The minimum Gasteiger partial charge on any atom is -0.354 e. The molecule has 0 bridgehead atoms. The average molecular weight is 375 g/mol. The lowest BCUT2D eigenvalue weighted by atomic mass is 10.0. The van der Waals surface area contributed by atoms with Gasteiger partial charge in [0, 0.05) is 44.7 Å². The number of carbonyl (C=O) groups is 2. The summed E-state index contributed by atoms with van der Waals surface area (Å²) >= 11 is 0. The second-order valence-corrected chi connectivity index (χ2v) is 7.57. The van der Waals surface area contributed by atoms with E-state index in [4.69, 9.17) is 0 Å². The van der Waals surface area contributed by atoms with E-state index in [1.807, 2.05) is 13.8 Å². The Morgan fingerprint density at radius 1 is 1.26 bits per heavy atom. The van der Waals surface area contributed by atoms with Gasteiger partial charge in [-0.2, -0.15) is 0 Å². The molecule has 150 valence electrons. The molecule has 1 unspecified atom stereocenters. The predicted octanol–water partition coefficient (Wildman–Crippen LogP) is 2.56. The number of nitrogens with one attached hydrogen (secondary N) is 3. The van der Waals surface area contributed by atoms with Gasteiger partial charge in [-0.3, -0.25) is 9.69 Å². The molecule has 6 nitrogen and oxygen atoms in total. The summed E-state index contributed by atoms with van der Waals surface area (Å²) in [7, 11) is 0. The molecule has 3 amide bonds. The highest BCUT2D eigenvalue weighted by Gasteiger charge is 2.20. The zero-order chi connectivity index (χ0) is 19.6. The van der Waals surface area contributed by atoms with Gasteiger partial charge in [0.1, 0.15) is 0 Å². The Kier molecular flexibility index (Phi) is 8.58. The Morgan fingerprint density at radius 2 is 2.00 bits per heavy atom. The monoisotopic (exact) mass is 374 g/mol. The molecule has 1 heterocycles. The molecule has 1 fully saturated rings. The second kappa shape index (κ2) is 10.9. The minimum absolute atomic E-state index is 0.0193. The van der Waals surface area contributed by atoms with E-state index < -0.39 is 0 Å².